The van der Waals surface area contributed by atoms with E-state index in [1.54, 1.807) is 48.7 Å². The van der Waals surface area contributed by atoms with Crippen LogP contribution in [0, 0.1) is 11.3 Å². The van der Waals surface area contributed by atoms with Crippen LogP contribution in [0.15, 0.2) is 96.0 Å². The summed E-state index contributed by atoms with van der Waals surface area (Å²) < 4.78 is 46.3. The molecule has 0 bridgehead atoms. The van der Waals surface area contributed by atoms with E-state index in [1.165, 1.54) is 3.97 Å². The summed E-state index contributed by atoms with van der Waals surface area (Å²) in [5.41, 5.74) is 4.50. The van der Waals surface area contributed by atoms with Crippen LogP contribution in [-0.4, -0.2) is 63.0 Å². The lowest BCUT2D eigenvalue weighted by Gasteiger charge is -2.28. The number of pyridine rings is 1. The lowest BCUT2D eigenvalue weighted by atomic mass is 10.0. The van der Waals surface area contributed by atoms with Gasteiger partial charge >= 0.3 is 0 Å². The largest absolute Gasteiger partial charge is 0.484 e. The second-order valence-electron chi connectivity index (χ2n) is 10.5. The van der Waals surface area contributed by atoms with Crippen molar-refractivity contribution in [3.05, 3.63) is 96.7 Å². The molecule has 3 aromatic carbocycles. The van der Waals surface area contributed by atoms with Crippen LogP contribution in [0.4, 0.5) is 5.69 Å². The number of nitrogens with zero attached hydrogens (tertiary/aromatic N) is 4. The van der Waals surface area contributed by atoms with Crippen molar-refractivity contribution >= 4 is 26.7 Å². The number of benzene rings is 3. The zero-order chi connectivity index (χ0) is 29.4. The van der Waals surface area contributed by atoms with Crippen LogP contribution in [0.25, 0.3) is 33.4 Å². The minimum Gasteiger partial charge on any atom is -0.484 e. The fraction of sp³-hybridized carbons (Fsp3) is 0.212. The summed E-state index contributed by atoms with van der Waals surface area (Å²) in [6, 6.07) is 27.6. The standard InChI is InChI=1S/C33H28N4O5S/c34-20-25-18-24(8-11-32(25)42-27-21-41-22-27)29-12-13-35-33-30(29)19-31(37(33)43(38,39)28-4-2-1-3-5-28)23-6-9-26(10-7-23)36-14-16-40-17-15-36/h1-13,18-19,27H,14-17,21-22H2. The number of ether oxygens (including phenoxy) is 3. The fourth-order valence-corrected chi connectivity index (χ4v) is 6.99. The average molecular weight is 593 g/mol. The maximum absolute atomic E-state index is 14.2. The molecule has 2 aromatic heterocycles. The summed E-state index contributed by atoms with van der Waals surface area (Å²) in [5.74, 6) is 0.495. The highest BCUT2D eigenvalue weighted by Crippen LogP contribution is 2.38. The Labute approximate surface area is 249 Å². The third-order valence-electron chi connectivity index (χ3n) is 7.79. The first-order valence-electron chi connectivity index (χ1n) is 14.1. The van der Waals surface area contributed by atoms with Gasteiger partial charge in [-0.3, -0.25) is 0 Å². The molecule has 2 fully saturated rings. The number of fused-ring (bicyclic) bond motifs is 1. The number of aromatic nitrogens is 2. The van der Waals surface area contributed by atoms with E-state index >= 15 is 0 Å². The van der Waals surface area contributed by atoms with Crippen LogP contribution in [0.1, 0.15) is 5.56 Å². The van der Waals surface area contributed by atoms with Gasteiger partial charge in [0.15, 0.2) is 5.65 Å². The molecule has 2 aliphatic rings. The molecule has 0 N–H and O–H groups in total. The van der Waals surface area contributed by atoms with Gasteiger partial charge in [0.05, 0.1) is 42.6 Å². The molecular weight excluding hydrogens is 564 g/mol. The topological polar surface area (TPSA) is 107 Å². The smallest absolute Gasteiger partial charge is 0.269 e. The van der Waals surface area contributed by atoms with Crippen molar-refractivity contribution in [1.82, 2.24) is 8.96 Å². The van der Waals surface area contributed by atoms with Crippen LogP contribution < -0.4 is 9.64 Å². The lowest BCUT2D eigenvalue weighted by Crippen LogP contribution is -2.38. The molecule has 0 aliphatic carbocycles. The number of hydrogen-bond donors (Lipinski definition) is 0. The minimum atomic E-state index is -4.02. The van der Waals surface area contributed by atoms with Gasteiger partial charge in [0, 0.05) is 30.4 Å². The van der Waals surface area contributed by atoms with Crippen molar-refractivity contribution in [2.75, 3.05) is 44.4 Å². The Morgan fingerprint density at radius 2 is 1.63 bits per heavy atom. The van der Waals surface area contributed by atoms with Crippen LogP contribution in [0.5, 0.6) is 5.75 Å². The van der Waals surface area contributed by atoms with E-state index in [9.17, 15) is 13.7 Å². The summed E-state index contributed by atoms with van der Waals surface area (Å²) in [5, 5.41) is 10.5. The third kappa shape index (κ3) is 5.02. The van der Waals surface area contributed by atoms with Crippen LogP contribution in [-0.2, 0) is 19.5 Å². The Bertz CT molecular complexity index is 1940. The molecule has 0 amide bonds. The van der Waals surface area contributed by atoms with Gasteiger partial charge < -0.3 is 19.1 Å². The van der Waals surface area contributed by atoms with Crippen molar-refractivity contribution in [3.63, 3.8) is 0 Å². The quantitative estimate of drug-likeness (QED) is 0.257. The summed E-state index contributed by atoms with van der Waals surface area (Å²) in [7, 11) is -4.02. The third-order valence-corrected chi connectivity index (χ3v) is 9.51. The van der Waals surface area contributed by atoms with Crippen molar-refractivity contribution < 1.29 is 22.6 Å². The fourth-order valence-electron chi connectivity index (χ4n) is 5.48. The van der Waals surface area contributed by atoms with Gasteiger partial charge in [-0.2, -0.15) is 5.26 Å². The molecule has 0 radical (unpaired) electrons. The van der Waals surface area contributed by atoms with Gasteiger partial charge in [-0.05, 0) is 65.2 Å². The molecule has 2 aliphatic heterocycles. The molecule has 7 rings (SSSR count). The van der Waals surface area contributed by atoms with Crippen molar-refractivity contribution in [2.45, 2.75) is 11.0 Å². The van der Waals surface area contributed by atoms with E-state index in [0.29, 0.717) is 54.5 Å². The van der Waals surface area contributed by atoms with Gasteiger partial charge in [0.25, 0.3) is 10.0 Å². The van der Waals surface area contributed by atoms with Gasteiger partial charge in [-0.1, -0.05) is 36.4 Å². The monoisotopic (exact) mass is 592 g/mol. The van der Waals surface area contributed by atoms with Crippen molar-refractivity contribution in [3.8, 4) is 34.2 Å². The molecule has 43 heavy (non-hydrogen) atoms. The van der Waals surface area contributed by atoms with Gasteiger partial charge in [0.2, 0.25) is 0 Å². The number of rotatable bonds is 7. The lowest BCUT2D eigenvalue weighted by molar-refractivity contribution is -0.0797. The highest BCUT2D eigenvalue weighted by molar-refractivity contribution is 7.90. The molecule has 0 spiro atoms. The molecule has 9 nitrogen and oxygen atoms in total. The van der Waals surface area contributed by atoms with Crippen LogP contribution in [0.3, 0.4) is 0 Å². The highest BCUT2D eigenvalue weighted by atomic mass is 32.2. The van der Waals surface area contributed by atoms with Crippen LogP contribution in [0.2, 0.25) is 0 Å². The van der Waals surface area contributed by atoms with Gasteiger partial charge in [0.1, 0.15) is 17.9 Å². The Morgan fingerprint density at radius 3 is 2.33 bits per heavy atom. The van der Waals surface area contributed by atoms with E-state index in [1.807, 2.05) is 42.5 Å². The first kappa shape index (κ1) is 27.2. The Morgan fingerprint density at radius 1 is 0.884 bits per heavy atom. The first-order chi connectivity index (χ1) is 21.0. The summed E-state index contributed by atoms with van der Waals surface area (Å²) in [4.78, 5) is 6.99. The summed E-state index contributed by atoms with van der Waals surface area (Å²) in [6.07, 6.45) is 1.53. The SMILES string of the molecule is N#Cc1cc(-c2ccnc3c2cc(-c2ccc(N4CCOCC4)cc2)n3S(=O)(=O)c2ccccc2)ccc1OC1COC1. The summed E-state index contributed by atoms with van der Waals surface area (Å²) >= 11 is 0. The zero-order valence-electron chi connectivity index (χ0n) is 23.2. The van der Waals surface area contributed by atoms with Crippen LogP contribution >= 0.6 is 0 Å². The van der Waals surface area contributed by atoms with Crippen molar-refractivity contribution in [1.29, 1.82) is 5.26 Å². The molecule has 10 heteroatoms. The zero-order valence-corrected chi connectivity index (χ0v) is 24.0. The normalized spacial score (nSPS) is 15.7. The number of nitriles is 1. The van der Waals surface area contributed by atoms with Gasteiger partial charge in [-0.25, -0.2) is 17.4 Å². The average Bonchev–Trinajstić information content (AvgIpc) is 3.44. The molecule has 2 saturated heterocycles. The molecule has 216 valence electrons. The van der Waals surface area contributed by atoms with E-state index in [-0.39, 0.29) is 11.0 Å². The predicted octanol–water partition coefficient (Wildman–Crippen LogP) is 5.09. The van der Waals surface area contributed by atoms with E-state index < -0.39 is 10.0 Å². The number of morpholine rings is 1. The Balaban J connectivity index is 1.38. The first-order valence-corrected chi connectivity index (χ1v) is 15.5. The molecule has 0 unspecified atom stereocenters. The second kappa shape index (κ2) is 11.2. The minimum absolute atomic E-state index is 0.0694. The maximum atomic E-state index is 14.2. The molecule has 5 aromatic rings. The van der Waals surface area contributed by atoms with Crippen molar-refractivity contribution in [2.24, 2.45) is 0 Å². The predicted molar refractivity (Wildman–Crippen MR) is 163 cm³/mol. The molecule has 0 atom stereocenters. The Kier molecular flexibility index (Phi) is 7.07. The van der Waals surface area contributed by atoms with E-state index in [0.717, 1.165) is 35.5 Å². The molecule has 0 saturated carbocycles. The molecular formula is C33H28N4O5S. The van der Waals surface area contributed by atoms with E-state index in [4.69, 9.17) is 14.2 Å². The Hall–Kier alpha value is -4.69. The maximum Gasteiger partial charge on any atom is 0.269 e. The number of hydrogen-bond acceptors (Lipinski definition) is 8. The highest BCUT2D eigenvalue weighted by Gasteiger charge is 2.27. The second-order valence-corrected chi connectivity index (χ2v) is 12.2. The molecule has 4 heterocycles. The summed E-state index contributed by atoms with van der Waals surface area (Å²) in [6.45, 7) is 3.95. The number of anilines is 1. The van der Waals surface area contributed by atoms with Gasteiger partial charge in [-0.15, -0.1) is 0 Å². The van der Waals surface area contributed by atoms with E-state index in [2.05, 4.69) is 16.0 Å².